The first-order valence-electron chi connectivity index (χ1n) is 5.79. The molecule has 0 saturated carbocycles. The van der Waals surface area contributed by atoms with Crippen LogP contribution in [0, 0.1) is 0 Å². The Labute approximate surface area is 111 Å². The number of para-hydroxylation sites is 2. The molecule has 2 aromatic rings. The number of hydrogen-bond donors (Lipinski definition) is 0. The van der Waals surface area contributed by atoms with Gasteiger partial charge in [0.2, 0.25) is 5.89 Å². The molecule has 6 heteroatoms. The Kier molecular flexibility index (Phi) is 3.22. The van der Waals surface area contributed by atoms with E-state index in [0.717, 1.165) is 6.26 Å². The van der Waals surface area contributed by atoms with Crippen molar-refractivity contribution in [1.29, 1.82) is 0 Å². The normalized spacial score (nSPS) is 12.8. The van der Waals surface area contributed by atoms with Crippen molar-refractivity contribution in [3.8, 4) is 0 Å². The summed E-state index contributed by atoms with van der Waals surface area (Å²) in [6.07, 6.45) is 0.922. The van der Waals surface area contributed by atoms with Crippen molar-refractivity contribution in [2.45, 2.75) is 25.0 Å². The van der Waals surface area contributed by atoms with Crippen LogP contribution in [-0.4, -0.2) is 30.2 Å². The summed E-state index contributed by atoms with van der Waals surface area (Å²) in [6.45, 7) is 2.79. The van der Waals surface area contributed by atoms with Crippen molar-refractivity contribution in [3.05, 3.63) is 30.2 Å². The first-order valence-corrected chi connectivity index (χ1v) is 7.68. The first-order chi connectivity index (χ1) is 8.72. The molecular weight excluding hydrogens is 266 g/mol. The van der Waals surface area contributed by atoms with Gasteiger partial charge in [-0.15, -0.1) is 0 Å². The van der Waals surface area contributed by atoms with Crippen molar-refractivity contribution in [2.24, 2.45) is 0 Å². The maximum atomic E-state index is 12.1. The minimum atomic E-state index is -3.47. The topological polar surface area (TPSA) is 77.2 Å². The third kappa shape index (κ3) is 2.53. The van der Waals surface area contributed by atoms with E-state index in [1.807, 2.05) is 6.07 Å². The summed E-state index contributed by atoms with van der Waals surface area (Å²) in [5, 5.41) is 0. The van der Waals surface area contributed by atoms with Crippen LogP contribution in [0.1, 0.15) is 19.7 Å². The number of nitrogens with zero attached hydrogens (tertiary/aromatic N) is 1. The third-order valence-corrected chi connectivity index (χ3v) is 5.33. The second kappa shape index (κ2) is 4.45. The van der Waals surface area contributed by atoms with Crippen LogP contribution in [0.3, 0.4) is 0 Å². The maximum Gasteiger partial charge on any atom is 0.202 e. The number of ketones is 1. The van der Waals surface area contributed by atoms with Gasteiger partial charge in [-0.25, -0.2) is 13.4 Å². The molecule has 0 amide bonds. The van der Waals surface area contributed by atoms with E-state index in [-0.39, 0.29) is 12.3 Å². The standard InChI is InChI=1S/C13H15NO4S/c1-13(2,19(3,16)17)11(15)8-12-14-9-6-4-5-7-10(9)18-12/h4-7H,8H2,1-3H3. The van der Waals surface area contributed by atoms with Gasteiger partial charge in [0.05, 0.1) is 6.42 Å². The molecule has 1 heterocycles. The SMILES string of the molecule is CC(C)(C(=O)Cc1nc2ccccc2o1)S(C)(=O)=O. The van der Waals surface area contributed by atoms with Gasteiger partial charge in [-0.1, -0.05) is 12.1 Å². The number of rotatable bonds is 4. The first kappa shape index (κ1) is 13.7. The van der Waals surface area contributed by atoms with Gasteiger partial charge in [0.1, 0.15) is 10.3 Å². The Morgan fingerprint density at radius 3 is 2.53 bits per heavy atom. The number of carbonyl (C=O) groups is 1. The number of oxazole rings is 1. The van der Waals surface area contributed by atoms with E-state index in [1.54, 1.807) is 18.2 Å². The number of fused-ring (bicyclic) bond motifs is 1. The zero-order valence-electron chi connectivity index (χ0n) is 11.0. The molecule has 0 fully saturated rings. The van der Waals surface area contributed by atoms with Crippen LogP contribution in [0.4, 0.5) is 0 Å². The minimum absolute atomic E-state index is 0.130. The third-order valence-electron chi connectivity index (χ3n) is 3.25. The van der Waals surface area contributed by atoms with E-state index < -0.39 is 20.4 Å². The van der Waals surface area contributed by atoms with E-state index in [4.69, 9.17) is 4.42 Å². The van der Waals surface area contributed by atoms with E-state index in [0.29, 0.717) is 11.1 Å². The molecule has 0 bridgehead atoms. The van der Waals surface area contributed by atoms with Crippen molar-refractivity contribution >= 4 is 26.7 Å². The monoisotopic (exact) mass is 281 g/mol. The van der Waals surface area contributed by atoms with Gasteiger partial charge in [0, 0.05) is 6.26 Å². The number of Topliss-reactive ketones (excluding diaryl/α,β-unsaturated/α-hetero) is 1. The Hall–Kier alpha value is -1.69. The van der Waals surface area contributed by atoms with Gasteiger partial charge in [0.15, 0.2) is 21.2 Å². The molecule has 0 radical (unpaired) electrons. The molecule has 0 atom stereocenters. The van der Waals surface area contributed by atoms with Gasteiger partial charge >= 0.3 is 0 Å². The van der Waals surface area contributed by atoms with Crippen LogP contribution >= 0.6 is 0 Å². The number of hydrogen-bond acceptors (Lipinski definition) is 5. The van der Waals surface area contributed by atoms with Gasteiger partial charge in [-0.2, -0.15) is 0 Å². The molecule has 1 aromatic heterocycles. The van der Waals surface area contributed by atoms with Crippen LogP contribution in [-0.2, 0) is 21.1 Å². The predicted molar refractivity (Wildman–Crippen MR) is 71.6 cm³/mol. The van der Waals surface area contributed by atoms with Crippen LogP contribution < -0.4 is 0 Å². The van der Waals surface area contributed by atoms with E-state index in [9.17, 15) is 13.2 Å². The average Bonchev–Trinajstić information content (AvgIpc) is 2.69. The second-order valence-electron chi connectivity index (χ2n) is 4.96. The lowest BCUT2D eigenvalue weighted by molar-refractivity contribution is -0.120. The molecule has 5 nitrogen and oxygen atoms in total. The lowest BCUT2D eigenvalue weighted by Gasteiger charge is -2.19. The van der Waals surface area contributed by atoms with Crippen molar-refractivity contribution < 1.29 is 17.6 Å². The smallest absolute Gasteiger partial charge is 0.202 e. The summed E-state index contributed by atoms with van der Waals surface area (Å²) in [6, 6.07) is 7.14. The molecule has 0 aliphatic heterocycles. The summed E-state index contributed by atoms with van der Waals surface area (Å²) in [5.74, 6) is -0.190. The fraction of sp³-hybridized carbons (Fsp3) is 0.385. The number of aromatic nitrogens is 1. The van der Waals surface area contributed by atoms with Crippen molar-refractivity contribution in [1.82, 2.24) is 4.98 Å². The van der Waals surface area contributed by atoms with Crippen LogP contribution in [0.2, 0.25) is 0 Å². The molecule has 0 N–H and O–H groups in total. The van der Waals surface area contributed by atoms with Gasteiger partial charge in [0.25, 0.3) is 0 Å². The fourth-order valence-electron chi connectivity index (χ4n) is 1.55. The van der Waals surface area contributed by atoms with Gasteiger partial charge in [-0.05, 0) is 26.0 Å². The van der Waals surface area contributed by atoms with Crippen molar-refractivity contribution in [3.63, 3.8) is 0 Å². The van der Waals surface area contributed by atoms with Gasteiger partial charge < -0.3 is 4.42 Å². The molecule has 0 spiro atoms. The Morgan fingerprint density at radius 2 is 1.95 bits per heavy atom. The lowest BCUT2D eigenvalue weighted by atomic mass is 10.1. The summed E-state index contributed by atoms with van der Waals surface area (Å²) in [4.78, 5) is 16.2. The zero-order valence-corrected chi connectivity index (χ0v) is 11.8. The molecule has 2 rings (SSSR count). The summed E-state index contributed by atoms with van der Waals surface area (Å²) >= 11 is 0. The largest absolute Gasteiger partial charge is 0.440 e. The van der Waals surface area contributed by atoms with Gasteiger partial charge in [-0.3, -0.25) is 4.79 Å². The molecule has 0 saturated heterocycles. The highest BCUT2D eigenvalue weighted by Crippen LogP contribution is 2.21. The molecule has 102 valence electrons. The molecule has 1 aromatic carbocycles. The average molecular weight is 281 g/mol. The summed E-state index contributed by atoms with van der Waals surface area (Å²) < 4.78 is 27.2. The fourth-order valence-corrected chi connectivity index (χ4v) is 2.04. The number of benzene rings is 1. The molecule has 0 aliphatic carbocycles. The Morgan fingerprint density at radius 1 is 1.32 bits per heavy atom. The quantitative estimate of drug-likeness (QED) is 0.853. The van der Waals surface area contributed by atoms with Crippen LogP contribution in [0.15, 0.2) is 28.7 Å². The highest BCUT2D eigenvalue weighted by Gasteiger charge is 2.38. The maximum absolute atomic E-state index is 12.1. The number of sulfone groups is 1. The molecule has 19 heavy (non-hydrogen) atoms. The van der Waals surface area contributed by atoms with Crippen LogP contribution in [0.25, 0.3) is 11.1 Å². The summed E-state index contributed by atoms with van der Waals surface area (Å²) in [5.41, 5.74) is 1.24. The zero-order chi connectivity index (χ0) is 14.3. The molecule has 0 aliphatic rings. The molecular formula is C13H15NO4S. The Bertz CT molecular complexity index is 695. The predicted octanol–water partition coefficient (Wildman–Crippen LogP) is 1.76. The van der Waals surface area contributed by atoms with Crippen LogP contribution in [0.5, 0.6) is 0 Å². The summed E-state index contributed by atoms with van der Waals surface area (Å²) in [7, 11) is -3.47. The Balaban J connectivity index is 2.29. The second-order valence-corrected chi connectivity index (χ2v) is 7.52. The highest BCUT2D eigenvalue weighted by molar-refractivity contribution is 7.92. The van der Waals surface area contributed by atoms with E-state index >= 15 is 0 Å². The molecule has 0 unspecified atom stereocenters. The van der Waals surface area contributed by atoms with Crippen molar-refractivity contribution in [2.75, 3.05) is 6.26 Å². The van der Waals surface area contributed by atoms with E-state index in [2.05, 4.69) is 4.98 Å². The highest BCUT2D eigenvalue weighted by atomic mass is 32.2. The lowest BCUT2D eigenvalue weighted by Crippen LogP contribution is -2.40. The van der Waals surface area contributed by atoms with E-state index in [1.165, 1.54) is 13.8 Å². The number of carbonyl (C=O) groups excluding carboxylic acids is 1. The minimum Gasteiger partial charge on any atom is -0.440 e.